The van der Waals surface area contributed by atoms with Gasteiger partial charge in [0.1, 0.15) is 18.7 Å². The summed E-state index contributed by atoms with van der Waals surface area (Å²) in [4.78, 5) is 34.6. The van der Waals surface area contributed by atoms with Gasteiger partial charge in [0.05, 0.1) is 11.3 Å². The molecule has 0 radical (unpaired) electrons. The summed E-state index contributed by atoms with van der Waals surface area (Å²) in [6.45, 7) is 7.10. The van der Waals surface area contributed by atoms with Crippen LogP contribution in [-0.4, -0.2) is 38.8 Å². The van der Waals surface area contributed by atoms with Gasteiger partial charge >= 0.3 is 0 Å². The molecule has 1 aromatic heterocycles. The van der Waals surface area contributed by atoms with Gasteiger partial charge in [-0.3, -0.25) is 9.59 Å². The highest BCUT2D eigenvalue weighted by Crippen LogP contribution is 2.18. The van der Waals surface area contributed by atoms with Crippen molar-refractivity contribution in [2.45, 2.75) is 33.2 Å². The van der Waals surface area contributed by atoms with Crippen LogP contribution in [0.15, 0.2) is 36.8 Å². The van der Waals surface area contributed by atoms with E-state index in [9.17, 15) is 14.0 Å². The van der Waals surface area contributed by atoms with Gasteiger partial charge in [-0.05, 0) is 52.0 Å². The van der Waals surface area contributed by atoms with E-state index in [1.807, 2.05) is 20.8 Å². The van der Waals surface area contributed by atoms with Gasteiger partial charge in [0, 0.05) is 17.4 Å². The van der Waals surface area contributed by atoms with Crippen molar-refractivity contribution in [1.29, 1.82) is 0 Å². The number of amides is 2. The Balaban J connectivity index is 2.18. The Hall–Kier alpha value is -2.83. The molecular weight excluding hydrogens is 323 g/mol. The average Bonchev–Trinajstić information content (AvgIpc) is 2.53. The average molecular weight is 344 g/mol. The van der Waals surface area contributed by atoms with Gasteiger partial charge in [-0.25, -0.2) is 14.4 Å². The Morgan fingerprint density at radius 2 is 1.84 bits per heavy atom. The number of carbonyl (C=O) groups is 2. The Bertz CT molecular complexity index is 769. The van der Waals surface area contributed by atoms with Crippen LogP contribution in [0, 0.1) is 12.7 Å². The van der Waals surface area contributed by atoms with Gasteiger partial charge in [-0.1, -0.05) is 0 Å². The molecule has 0 spiro atoms. The van der Waals surface area contributed by atoms with E-state index >= 15 is 0 Å². The fraction of sp³-hybridized carbons (Fsp3) is 0.333. The van der Waals surface area contributed by atoms with E-state index in [0.29, 0.717) is 16.9 Å². The first-order valence-electron chi connectivity index (χ1n) is 7.82. The number of nitrogens with one attached hydrogen (secondary N) is 1. The minimum absolute atomic E-state index is 0.145. The molecule has 132 valence electrons. The van der Waals surface area contributed by atoms with E-state index in [0.717, 1.165) is 0 Å². The van der Waals surface area contributed by atoms with E-state index in [4.69, 9.17) is 0 Å². The van der Waals surface area contributed by atoms with Gasteiger partial charge in [-0.2, -0.15) is 0 Å². The Kier molecular flexibility index (Phi) is 5.46. The minimum Gasteiger partial charge on any atom is -0.325 e. The summed E-state index contributed by atoms with van der Waals surface area (Å²) >= 11 is 0. The van der Waals surface area contributed by atoms with Crippen LogP contribution in [0.5, 0.6) is 0 Å². The smallest absolute Gasteiger partial charge is 0.258 e. The highest BCUT2D eigenvalue weighted by molar-refractivity contribution is 6.00. The second-order valence-corrected chi connectivity index (χ2v) is 6.64. The zero-order valence-electron chi connectivity index (χ0n) is 14.7. The lowest BCUT2D eigenvalue weighted by molar-refractivity contribution is -0.117. The molecule has 2 amide bonds. The molecule has 0 aliphatic carbocycles. The van der Waals surface area contributed by atoms with E-state index in [-0.39, 0.29) is 24.2 Å². The van der Waals surface area contributed by atoms with E-state index < -0.39 is 5.54 Å². The van der Waals surface area contributed by atoms with Gasteiger partial charge in [0.25, 0.3) is 5.91 Å². The summed E-state index contributed by atoms with van der Waals surface area (Å²) in [5, 5.41) is 2.66. The molecular formula is C18H21FN4O2. The standard InChI is InChI=1S/C18H21FN4O2/c1-12-15(9-20-11-21-12)17(25)23(18(2,3)4)10-16(24)22-14-7-5-13(19)6-8-14/h5-9,11H,10H2,1-4H3,(H,22,24). The van der Waals surface area contributed by atoms with Crippen molar-refractivity contribution in [3.8, 4) is 0 Å². The topological polar surface area (TPSA) is 75.2 Å². The van der Waals surface area contributed by atoms with Crippen LogP contribution in [0.4, 0.5) is 10.1 Å². The molecule has 0 unspecified atom stereocenters. The molecule has 1 aromatic carbocycles. The molecule has 0 aliphatic heterocycles. The second-order valence-electron chi connectivity index (χ2n) is 6.64. The van der Waals surface area contributed by atoms with Gasteiger partial charge in [-0.15, -0.1) is 0 Å². The lowest BCUT2D eigenvalue weighted by atomic mass is 10.0. The SMILES string of the molecule is Cc1ncncc1C(=O)N(CC(=O)Nc1ccc(F)cc1)C(C)(C)C. The lowest BCUT2D eigenvalue weighted by Gasteiger charge is -2.35. The number of halogens is 1. The van der Waals surface area contributed by atoms with Crippen LogP contribution >= 0.6 is 0 Å². The fourth-order valence-electron chi connectivity index (χ4n) is 2.24. The molecule has 2 aromatic rings. The largest absolute Gasteiger partial charge is 0.325 e. The molecule has 0 saturated carbocycles. The van der Waals surface area contributed by atoms with Crippen molar-refractivity contribution in [3.05, 3.63) is 53.9 Å². The number of rotatable bonds is 4. The molecule has 0 saturated heterocycles. The van der Waals surface area contributed by atoms with E-state index in [2.05, 4.69) is 15.3 Å². The summed E-state index contributed by atoms with van der Waals surface area (Å²) in [5.41, 5.74) is 0.784. The van der Waals surface area contributed by atoms with Crippen molar-refractivity contribution >= 4 is 17.5 Å². The predicted molar refractivity (Wildman–Crippen MR) is 92.6 cm³/mol. The summed E-state index contributed by atoms with van der Waals surface area (Å²) in [6.07, 6.45) is 2.82. The molecule has 0 bridgehead atoms. The molecule has 0 fully saturated rings. The molecule has 25 heavy (non-hydrogen) atoms. The summed E-state index contributed by atoms with van der Waals surface area (Å²) < 4.78 is 12.9. The van der Waals surface area contributed by atoms with Crippen LogP contribution in [0.25, 0.3) is 0 Å². The number of hydrogen-bond donors (Lipinski definition) is 1. The van der Waals surface area contributed by atoms with Crippen LogP contribution in [0.1, 0.15) is 36.8 Å². The molecule has 1 N–H and O–H groups in total. The highest BCUT2D eigenvalue weighted by atomic mass is 19.1. The molecule has 0 aliphatic rings. The van der Waals surface area contributed by atoms with Crippen LogP contribution in [-0.2, 0) is 4.79 Å². The van der Waals surface area contributed by atoms with Crippen molar-refractivity contribution in [3.63, 3.8) is 0 Å². The quantitative estimate of drug-likeness (QED) is 0.925. The molecule has 1 heterocycles. The Labute approximate surface area is 146 Å². The predicted octanol–water partition coefficient (Wildman–Crippen LogP) is 2.80. The normalized spacial score (nSPS) is 11.1. The van der Waals surface area contributed by atoms with Crippen molar-refractivity contribution < 1.29 is 14.0 Å². The van der Waals surface area contributed by atoms with Gasteiger partial charge < -0.3 is 10.2 Å². The summed E-state index contributed by atoms with van der Waals surface area (Å²) in [7, 11) is 0. The molecule has 6 nitrogen and oxygen atoms in total. The third-order valence-electron chi connectivity index (χ3n) is 3.63. The second kappa shape index (κ2) is 7.38. The molecule has 0 atom stereocenters. The first-order valence-corrected chi connectivity index (χ1v) is 7.82. The lowest BCUT2D eigenvalue weighted by Crippen LogP contribution is -2.49. The Morgan fingerprint density at radius 1 is 1.20 bits per heavy atom. The third-order valence-corrected chi connectivity index (χ3v) is 3.63. The number of aryl methyl sites for hydroxylation is 1. The number of hydrogen-bond acceptors (Lipinski definition) is 4. The fourth-order valence-corrected chi connectivity index (χ4v) is 2.24. The third kappa shape index (κ3) is 4.82. The number of anilines is 1. The molecule has 2 rings (SSSR count). The maximum atomic E-state index is 12.9. The van der Waals surface area contributed by atoms with Gasteiger partial charge in [0.15, 0.2) is 0 Å². The van der Waals surface area contributed by atoms with Gasteiger partial charge in [0.2, 0.25) is 5.91 Å². The highest BCUT2D eigenvalue weighted by Gasteiger charge is 2.30. The van der Waals surface area contributed by atoms with Crippen LogP contribution < -0.4 is 5.32 Å². The first-order chi connectivity index (χ1) is 11.7. The first kappa shape index (κ1) is 18.5. The number of nitrogens with zero attached hydrogens (tertiary/aromatic N) is 3. The molecule has 7 heteroatoms. The number of benzene rings is 1. The number of aromatic nitrogens is 2. The van der Waals surface area contributed by atoms with Crippen molar-refractivity contribution in [2.75, 3.05) is 11.9 Å². The minimum atomic E-state index is -0.584. The van der Waals surface area contributed by atoms with Crippen molar-refractivity contribution in [2.24, 2.45) is 0 Å². The summed E-state index contributed by atoms with van der Waals surface area (Å²) in [6, 6.07) is 5.44. The van der Waals surface area contributed by atoms with Crippen LogP contribution in [0.2, 0.25) is 0 Å². The monoisotopic (exact) mass is 344 g/mol. The van der Waals surface area contributed by atoms with E-state index in [1.54, 1.807) is 6.92 Å². The Morgan fingerprint density at radius 3 is 2.40 bits per heavy atom. The van der Waals surface area contributed by atoms with Crippen LogP contribution in [0.3, 0.4) is 0 Å². The maximum Gasteiger partial charge on any atom is 0.258 e. The van der Waals surface area contributed by atoms with Crippen molar-refractivity contribution in [1.82, 2.24) is 14.9 Å². The zero-order chi connectivity index (χ0) is 18.6. The summed E-state index contributed by atoms with van der Waals surface area (Å²) in [5.74, 6) is -1.08. The number of carbonyl (C=O) groups excluding carboxylic acids is 2. The van der Waals surface area contributed by atoms with E-state index in [1.165, 1.54) is 41.7 Å². The zero-order valence-corrected chi connectivity index (χ0v) is 14.7. The maximum absolute atomic E-state index is 12.9.